The van der Waals surface area contributed by atoms with Crippen molar-refractivity contribution in [3.05, 3.63) is 54.2 Å². The van der Waals surface area contributed by atoms with Crippen LogP contribution in [0.1, 0.15) is 19.4 Å². The number of aromatic nitrogens is 1. The molecule has 1 aliphatic heterocycles. The Morgan fingerprint density at radius 1 is 1.03 bits per heavy atom. The molecule has 1 fully saturated rings. The molecule has 0 bridgehead atoms. The molecule has 1 amide bonds. The predicted octanol–water partition coefficient (Wildman–Crippen LogP) is 2.17. The first-order chi connectivity index (χ1) is 15.2. The zero-order valence-corrected chi connectivity index (χ0v) is 18.3. The van der Waals surface area contributed by atoms with E-state index in [2.05, 4.69) is 22.1 Å². The molecule has 0 aliphatic carbocycles. The van der Waals surface area contributed by atoms with Gasteiger partial charge in [-0.3, -0.25) is 4.79 Å². The lowest BCUT2D eigenvalue weighted by Crippen LogP contribution is -2.53. The summed E-state index contributed by atoms with van der Waals surface area (Å²) in [5.74, 6) is 2.38. The summed E-state index contributed by atoms with van der Waals surface area (Å²) in [7, 11) is 0. The van der Waals surface area contributed by atoms with E-state index in [1.54, 1.807) is 13.1 Å². The van der Waals surface area contributed by atoms with Gasteiger partial charge in [-0.15, -0.1) is 0 Å². The van der Waals surface area contributed by atoms with Gasteiger partial charge in [0, 0.05) is 51.9 Å². The smallest absolute Gasteiger partial charge is 0.219 e. The zero-order chi connectivity index (χ0) is 21.9. The van der Waals surface area contributed by atoms with Crippen molar-refractivity contribution in [3.8, 4) is 11.6 Å². The van der Waals surface area contributed by atoms with Crippen LogP contribution in [0.15, 0.2) is 53.7 Å². The average molecular weight is 426 g/mol. The Morgan fingerprint density at radius 3 is 2.39 bits per heavy atom. The van der Waals surface area contributed by atoms with E-state index < -0.39 is 0 Å². The van der Waals surface area contributed by atoms with Gasteiger partial charge in [-0.25, -0.2) is 9.98 Å². The largest absolute Gasteiger partial charge is 0.490 e. The van der Waals surface area contributed by atoms with Crippen LogP contribution in [0.2, 0.25) is 0 Å². The van der Waals surface area contributed by atoms with Gasteiger partial charge >= 0.3 is 0 Å². The highest BCUT2D eigenvalue weighted by Crippen LogP contribution is 2.11. The van der Waals surface area contributed by atoms with Crippen molar-refractivity contribution in [2.24, 2.45) is 4.99 Å². The molecular formula is C23H31N5O3. The van der Waals surface area contributed by atoms with Crippen LogP contribution in [0.5, 0.6) is 11.6 Å². The molecule has 3 rings (SSSR count). The van der Waals surface area contributed by atoms with Gasteiger partial charge in [-0.05, 0) is 24.6 Å². The van der Waals surface area contributed by atoms with Crippen molar-refractivity contribution in [1.82, 2.24) is 20.1 Å². The minimum absolute atomic E-state index is 0.126. The number of carbonyl (C=O) groups excluding carboxylic acids is 1. The van der Waals surface area contributed by atoms with Crippen molar-refractivity contribution in [2.75, 3.05) is 45.9 Å². The molecular weight excluding hydrogens is 394 g/mol. The lowest BCUT2D eigenvalue weighted by Gasteiger charge is -2.36. The maximum atomic E-state index is 11.5. The Balaban J connectivity index is 1.46. The first-order valence-electron chi connectivity index (χ1n) is 10.7. The maximum absolute atomic E-state index is 11.5. The molecule has 8 nitrogen and oxygen atoms in total. The number of benzene rings is 1. The van der Waals surface area contributed by atoms with Crippen LogP contribution in [0.25, 0.3) is 0 Å². The third kappa shape index (κ3) is 7.16. The monoisotopic (exact) mass is 425 g/mol. The van der Waals surface area contributed by atoms with Gasteiger partial charge in [0.15, 0.2) is 5.96 Å². The number of nitrogens with zero attached hydrogens (tertiary/aromatic N) is 4. The van der Waals surface area contributed by atoms with Gasteiger partial charge in [0.25, 0.3) is 0 Å². The van der Waals surface area contributed by atoms with Gasteiger partial charge in [-0.2, -0.15) is 0 Å². The van der Waals surface area contributed by atoms with Crippen molar-refractivity contribution < 1.29 is 14.3 Å². The average Bonchev–Trinajstić information content (AvgIpc) is 2.81. The lowest BCUT2D eigenvalue weighted by atomic mass is 10.3. The van der Waals surface area contributed by atoms with Gasteiger partial charge in [0.1, 0.15) is 19.0 Å². The Labute approximate surface area is 183 Å². The molecule has 2 aromatic rings. The highest BCUT2D eigenvalue weighted by molar-refractivity contribution is 5.80. The van der Waals surface area contributed by atoms with Crippen molar-refractivity contribution in [3.63, 3.8) is 0 Å². The summed E-state index contributed by atoms with van der Waals surface area (Å²) in [4.78, 5) is 24.7. The maximum Gasteiger partial charge on any atom is 0.219 e. The van der Waals surface area contributed by atoms with E-state index in [-0.39, 0.29) is 5.91 Å². The number of nitrogens with one attached hydrogen (secondary N) is 1. The Hall–Kier alpha value is -3.29. The van der Waals surface area contributed by atoms with Crippen LogP contribution in [-0.2, 0) is 11.3 Å². The lowest BCUT2D eigenvalue weighted by molar-refractivity contribution is -0.130. The number of amides is 1. The number of carbonyl (C=O) groups is 1. The number of rotatable bonds is 8. The molecule has 0 atom stereocenters. The number of piperazine rings is 1. The summed E-state index contributed by atoms with van der Waals surface area (Å²) in [6.45, 7) is 8.88. The molecule has 1 aliphatic rings. The van der Waals surface area contributed by atoms with Crippen LogP contribution in [-0.4, -0.2) is 72.6 Å². The van der Waals surface area contributed by atoms with E-state index in [0.717, 1.165) is 50.0 Å². The van der Waals surface area contributed by atoms with Gasteiger partial charge < -0.3 is 24.6 Å². The van der Waals surface area contributed by atoms with E-state index in [9.17, 15) is 4.79 Å². The number of aliphatic imine (C=N–C) groups is 1. The normalized spacial score (nSPS) is 14.3. The van der Waals surface area contributed by atoms with Crippen LogP contribution < -0.4 is 14.8 Å². The van der Waals surface area contributed by atoms with Gasteiger partial charge in [0.2, 0.25) is 11.8 Å². The highest BCUT2D eigenvalue weighted by atomic mass is 16.5. The molecule has 166 valence electrons. The molecule has 0 unspecified atom stereocenters. The fourth-order valence-electron chi connectivity index (χ4n) is 3.24. The van der Waals surface area contributed by atoms with Crippen LogP contribution >= 0.6 is 0 Å². The second-order valence-electron chi connectivity index (χ2n) is 7.18. The second-order valence-corrected chi connectivity index (χ2v) is 7.18. The van der Waals surface area contributed by atoms with Crippen molar-refractivity contribution >= 4 is 11.9 Å². The topological polar surface area (TPSA) is 79.3 Å². The fourth-order valence-corrected chi connectivity index (χ4v) is 3.24. The molecule has 1 saturated heterocycles. The summed E-state index contributed by atoms with van der Waals surface area (Å²) >= 11 is 0. The summed E-state index contributed by atoms with van der Waals surface area (Å²) < 4.78 is 11.3. The van der Waals surface area contributed by atoms with E-state index in [1.807, 2.05) is 47.4 Å². The Kier molecular flexibility index (Phi) is 8.51. The van der Waals surface area contributed by atoms with E-state index in [0.29, 0.717) is 25.6 Å². The summed E-state index contributed by atoms with van der Waals surface area (Å²) in [6.07, 6.45) is 1.79. The third-order valence-electron chi connectivity index (χ3n) is 4.91. The third-order valence-corrected chi connectivity index (χ3v) is 4.91. The van der Waals surface area contributed by atoms with Gasteiger partial charge in [0.05, 0.1) is 6.54 Å². The zero-order valence-electron chi connectivity index (χ0n) is 18.3. The molecule has 0 radical (unpaired) electrons. The molecule has 2 heterocycles. The molecule has 8 heteroatoms. The van der Waals surface area contributed by atoms with Crippen LogP contribution in [0.3, 0.4) is 0 Å². The highest BCUT2D eigenvalue weighted by Gasteiger charge is 2.20. The quantitative estimate of drug-likeness (QED) is 0.397. The van der Waals surface area contributed by atoms with E-state index in [4.69, 9.17) is 14.5 Å². The molecule has 31 heavy (non-hydrogen) atoms. The number of ether oxygens (including phenoxy) is 2. The Bertz CT molecular complexity index is 834. The van der Waals surface area contributed by atoms with Crippen molar-refractivity contribution in [1.29, 1.82) is 0 Å². The van der Waals surface area contributed by atoms with Crippen LogP contribution in [0.4, 0.5) is 0 Å². The van der Waals surface area contributed by atoms with Crippen LogP contribution in [0, 0.1) is 0 Å². The van der Waals surface area contributed by atoms with Gasteiger partial charge in [-0.1, -0.05) is 24.3 Å². The standard InChI is InChI=1S/C23H31N5O3/c1-3-24-23(28-13-11-27(12-14-28)19(2)29)26-18-20-9-10-22(25-17-20)31-16-15-30-21-7-5-4-6-8-21/h4-10,17H,3,11-16,18H2,1-2H3,(H,24,26). The summed E-state index contributed by atoms with van der Waals surface area (Å²) in [6, 6.07) is 13.5. The minimum atomic E-state index is 0.126. The molecule has 1 N–H and O–H groups in total. The number of pyridine rings is 1. The van der Waals surface area contributed by atoms with E-state index >= 15 is 0 Å². The molecule has 1 aromatic heterocycles. The summed E-state index contributed by atoms with van der Waals surface area (Å²) in [5.41, 5.74) is 1.01. The Morgan fingerprint density at radius 2 is 1.74 bits per heavy atom. The minimum Gasteiger partial charge on any atom is -0.490 e. The number of guanidine groups is 1. The summed E-state index contributed by atoms with van der Waals surface area (Å²) in [5, 5.41) is 3.34. The van der Waals surface area contributed by atoms with E-state index in [1.165, 1.54) is 0 Å². The number of para-hydroxylation sites is 1. The molecule has 1 aromatic carbocycles. The SMILES string of the molecule is CCNC(=NCc1ccc(OCCOc2ccccc2)nc1)N1CCN(C(C)=O)CC1. The first kappa shape index (κ1) is 22.4. The second kappa shape index (κ2) is 11.8. The van der Waals surface area contributed by atoms with Crippen molar-refractivity contribution in [2.45, 2.75) is 20.4 Å². The fraction of sp³-hybridized carbons (Fsp3) is 0.435. The number of hydrogen-bond acceptors (Lipinski definition) is 5. The predicted molar refractivity (Wildman–Crippen MR) is 120 cm³/mol. The first-order valence-corrected chi connectivity index (χ1v) is 10.7. The molecule has 0 saturated carbocycles. The molecule has 0 spiro atoms. The number of hydrogen-bond donors (Lipinski definition) is 1.